The van der Waals surface area contributed by atoms with E-state index >= 15 is 0 Å². The summed E-state index contributed by atoms with van der Waals surface area (Å²) in [7, 11) is 0. The van der Waals surface area contributed by atoms with Gasteiger partial charge in [-0.1, -0.05) is 35.9 Å². The molecule has 17 heavy (non-hydrogen) atoms. The summed E-state index contributed by atoms with van der Waals surface area (Å²) >= 11 is 5.61. The van der Waals surface area contributed by atoms with E-state index in [1.54, 1.807) is 5.54 Å². The normalized spacial score (nSPS) is 12.0. The molecule has 1 heterocycles. The Morgan fingerprint density at radius 1 is 1.35 bits per heavy atom. The molecule has 88 valence electrons. The van der Waals surface area contributed by atoms with Crippen molar-refractivity contribution in [2.75, 3.05) is 6.54 Å². The van der Waals surface area contributed by atoms with Crippen LogP contribution in [0, 0.1) is 0 Å². The third kappa shape index (κ3) is 3.05. The Morgan fingerprint density at radius 2 is 2.18 bits per heavy atom. The number of nitrogens with one attached hydrogen (secondary N) is 1. The van der Waals surface area contributed by atoms with E-state index in [-0.39, 0.29) is 0 Å². The second kappa shape index (κ2) is 5.80. The van der Waals surface area contributed by atoms with Gasteiger partial charge in [0.25, 0.3) is 0 Å². The molecule has 0 bridgehead atoms. The third-order valence-corrected chi connectivity index (χ3v) is 2.99. The van der Waals surface area contributed by atoms with Crippen LogP contribution in [-0.2, 0) is 6.54 Å². The average molecular weight is 247 g/mol. The summed E-state index contributed by atoms with van der Waals surface area (Å²) in [6.45, 7) is 3.60. The minimum absolute atomic E-state index is 0.798. The smallest absolute Gasteiger partial charge is 0.0746 e. The first-order valence-corrected chi connectivity index (χ1v) is 6.04. The van der Waals surface area contributed by atoms with Crippen LogP contribution in [0.5, 0.6) is 0 Å². The van der Waals surface area contributed by atoms with Gasteiger partial charge in [-0.25, -0.2) is 0 Å². The number of nitrogens with zero attached hydrogens (tertiary/aromatic N) is 1. The lowest BCUT2D eigenvalue weighted by Gasteiger charge is -2.07. The number of pyridine rings is 1. The first-order valence-electron chi connectivity index (χ1n) is 5.60. The number of benzene rings is 1. The second-order valence-corrected chi connectivity index (χ2v) is 4.27. The first-order chi connectivity index (χ1) is 8.31. The van der Waals surface area contributed by atoms with Crippen molar-refractivity contribution < 1.29 is 0 Å². The molecule has 0 saturated heterocycles. The highest BCUT2D eigenvalue weighted by atomic mass is 35.5. The van der Waals surface area contributed by atoms with Gasteiger partial charge in [-0.3, -0.25) is 4.98 Å². The van der Waals surface area contributed by atoms with Crippen LogP contribution in [0.25, 0.3) is 10.9 Å². The predicted molar refractivity (Wildman–Crippen MR) is 73.1 cm³/mol. The first kappa shape index (κ1) is 12.1. The lowest BCUT2D eigenvalue weighted by atomic mass is 10.1. The lowest BCUT2D eigenvalue weighted by Crippen LogP contribution is -2.15. The van der Waals surface area contributed by atoms with Gasteiger partial charge in [-0.15, -0.1) is 0 Å². The summed E-state index contributed by atoms with van der Waals surface area (Å²) < 4.78 is 0. The fourth-order valence-corrected chi connectivity index (χ4v) is 1.82. The minimum atomic E-state index is 0.798. The van der Waals surface area contributed by atoms with E-state index in [1.807, 2.05) is 19.2 Å². The number of aromatic nitrogens is 1. The molecule has 0 aliphatic carbocycles. The number of para-hydroxylation sites is 1. The molecule has 0 aliphatic rings. The summed E-state index contributed by atoms with van der Waals surface area (Å²) in [4.78, 5) is 4.42. The molecule has 1 N–H and O–H groups in total. The molecule has 3 heteroatoms. The number of rotatable bonds is 4. The Bertz CT molecular complexity index is 529. The number of hydrogen-bond acceptors (Lipinski definition) is 2. The Kier molecular flexibility index (Phi) is 4.13. The topological polar surface area (TPSA) is 24.9 Å². The predicted octanol–water partition coefficient (Wildman–Crippen LogP) is 3.47. The standard InChI is InChI=1S/C14H15ClN2/c1-11(8-15)9-16-10-13-5-2-4-12-6-3-7-17-14(12)13/h2-8,16H,9-10H2,1H3/b11-8-. The Labute approximate surface area is 106 Å². The Hall–Kier alpha value is -1.38. The molecule has 2 aromatic rings. The molecule has 1 aromatic carbocycles. The van der Waals surface area contributed by atoms with Gasteiger partial charge < -0.3 is 5.32 Å². The second-order valence-electron chi connectivity index (χ2n) is 4.05. The van der Waals surface area contributed by atoms with E-state index in [0.29, 0.717) is 0 Å². The van der Waals surface area contributed by atoms with Crippen molar-refractivity contribution in [1.29, 1.82) is 0 Å². The molecule has 0 spiro atoms. The van der Waals surface area contributed by atoms with Crippen LogP contribution in [0.3, 0.4) is 0 Å². The molecular weight excluding hydrogens is 232 g/mol. The van der Waals surface area contributed by atoms with Crippen LogP contribution < -0.4 is 5.32 Å². The highest BCUT2D eigenvalue weighted by Crippen LogP contribution is 2.15. The summed E-state index contributed by atoms with van der Waals surface area (Å²) in [6, 6.07) is 10.3. The molecule has 2 rings (SSSR count). The van der Waals surface area contributed by atoms with Crippen molar-refractivity contribution in [2.45, 2.75) is 13.5 Å². The largest absolute Gasteiger partial charge is 0.309 e. The van der Waals surface area contributed by atoms with E-state index in [1.165, 1.54) is 10.9 Å². The van der Waals surface area contributed by atoms with E-state index in [4.69, 9.17) is 11.6 Å². The maximum atomic E-state index is 5.61. The summed E-state index contributed by atoms with van der Waals surface area (Å²) in [5, 5.41) is 4.53. The maximum absolute atomic E-state index is 5.61. The summed E-state index contributed by atoms with van der Waals surface area (Å²) in [5.74, 6) is 0. The molecule has 0 aliphatic heterocycles. The summed E-state index contributed by atoms with van der Waals surface area (Å²) in [6.07, 6.45) is 1.83. The molecule has 0 radical (unpaired) electrons. The van der Waals surface area contributed by atoms with E-state index < -0.39 is 0 Å². The zero-order valence-corrected chi connectivity index (χ0v) is 10.5. The van der Waals surface area contributed by atoms with Gasteiger partial charge in [0.2, 0.25) is 0 Å². The van der Waals surface area contributed by atoms with Crippen LogP contribution >= 0.6 is 11.6 Å². The Balaban J connectivity index is 2.13. The van der Waals surface area contributed by atoms with Gasteiger partial charge in [0, 0.05) is 30.2 Å². The van der Waals surface area contributed by atoms with Crippen molar-refractivity contribution in [3.63, 3.8) is 0 Å². The average Bonchev–Trinajstić information content (AvgIpc) is 2.39. The van der Waals surface area contributed by atoms with Gasteiger partial charge in [-0.05, 0) is 24.1 Å². The van der Waals surface area contributed by atoms with Crippen LogP contribution in [0.1, 0.15) is 12.5 Å². The molecule has 0 saturated carbocycles. The van der Waals surface area contributed by atoms with Gasteiger partial charge in [-0.2, -0.15) is 0 Å². The van der Waals surface area contributed by atoms with Gasteiger partial charge in [0.05, 0.1) is 5.52 Å². The van der Waals surface area contributed by atoms with Crippen LogP contribution in [-0.4, -0.2) is 11.5 Å². The zero-order chi connectivity index (χ0) is 12.1. The van der Waals surface area contributed by atoms with Gasteiger partial charge in [0.15, 0.2) is 0 Å². The van der Waals surface area contributed by atoms with Crippen molar-refractivity contribution in [3.8, 4) is 0 Å². The Morgan fingerprint density at radius 3 is 3.00 bits per heavy atom. The van der Waals surface area contributed by atoms with Crippen LogP contribution in [0.15, 0.2) is 47.6 Å². The number of hydrogen-bond donors (Lipinski definition) is 1. The molecule has 0 unspecified atom stereocenters. The molecule has 0 atom stereocenters. The van der Waals surface area contributed by atoms with E-state index in [0.717, 1.165) is 24.2 Å². The fourth-order valence-electron chi connectivity index (χ4n) is 1.74. The minimum Gasteiger partial charge on any atom is -0.309 e. The zero-order valence-electron chi connectivity index (χ0n) is 9.78. The molecule has 2 nitrogen and oxygen atoms in total. The quantitative estimate of drug-likeness (QED) is 0.894. The summed E-state index contributed by atoms with van der Waals surface area (Å²) in [5.41, 5.74) is 5.01. The molecule has 0 amide bonds. The molecular formula is C14H15ClN2. The van der Waals surface area contributed by atoms with Crippen LogP contribution in [0.4, 0.5) is 0 Å². The molecule has 1 aromatic heterocycles. The van der Waals surface area contributed by atoms with Crippen molar-refractivity contribution in [2.24, 2.45) is 0 Å². The SMILES string of the molecule is C/C(=C/Cl)CNCc1cccc2cccnc12. The van der Waals surface area contributed by atoms with Gasteiger partial charge >= 0.3 is 0 Å². The van der Waals surface area contributed by atoms with Crippen molar-refractivity contribution in [3.05, 3.63) is 53.2 Å². The van der Waals surface area contributed by atoms with Crippen molar-refractivity contribution >= 4 is 22.5 Å². The highest BCUT2D eigenvalue weighted by Gasteiger charge is 2.00. The fraction of sp³-hybridized carbons (Fsp3) is 0.214. The number of fused-ring (bicyclic) bond motifs is 1. The van der Waals surface area contributed by atoms with Gasteiger partial charge in [0.1, 0.15) is 0 Å². The molecule has 0 fully saturated rings. The lowest BCUT2D eigenvalue weighted by molar-refractivity contribution is 0.743. The van der Waals surface area contributed by atoms with E-state index in [2.05, 4.69) is 34.6 Å². The maximum Gasteiger partial charge on any atom is 0.0746 e. The highest BCUT2D eigenvalue weighted by molar-refractivity contribution is 6.25. The number of halogens is 1. The van der Waals surface area contributed by atoms with Crippen molar-refractivity contribution in [1.82, 2.24) is 10.3 Å². The van der Waals surface area contributed by atoms with E-state index in [9.17, 15) is 0 Å². The van der Waals surface area contributed by atoms with Crippen LogP contribution in [0.2, 0.25) is 0 Å². The monoisotopic (exact) mass is 246 g/mol. The third-order valence-electron chi connectivity index (χ3n) is 2.62.